The lowest BCUT2D eigenvalue weighted by molar-refractivity contribution is 0.299. The van der Waals surface area contributed by atoms with Crippen molar-refractivity contribution >= 4 is 16.0 Å². The molecule has 2 fully saturated rings. The lowest BCUT2D eigenvalue weighted by Gasteiger charge is -2.22. The van der Waals surface area contributed by atoms with Gasteiger partial charge in [0, 0.05) is 33.7 Å². The molecule has 1 N–H and O–H groups in total. The maximum absolute atomic E-state index is 12.6. The van der Waals surface area contributed by atoms with Gasteiger partial charge >= 0.3 is 0 Å². The van der Waals surface area contributed by atoms with Gasteiger partial charge in [0.25, 0.3) is 0 Å². The minimum Gasteiger partial charge on any atom is -0.357 e. The second kappa shape index (κ2) is 8.61. The van der Waals surface area contributed by atoms with Crippen LogP contribution in [0.25, 0.3) is 0 Å². The summed E-state index contributed by atoms with van der Waals surface area (Å²) >= 11 is 0. The highest BCUT2D eigenvalue weighted by Gasteiger charge is 2.35. The highest BCUT2D eigenvalue weighted by atomic mass is 32.2. The summed E-state index contributed by atoms with van der Waals surface area (Å²) in [6.07, 6.45) is 5.34. The molecular weight excluding hydrogens is 360 g/mol. The van der Waals surface area contributed by atoms with Gasteiger partial charge in [0.1, 0.15) is 0 Å². The zero-order chi connectivity index (χ0) is 19.4. The minimum absolute atomic E-state index is 0.338. The Labute approximate surface area is 163 Å². The molecule has 2 atom stereocenters. The molecule has 1 heterocycles. The molecule has 150 valence electrons. The molecule has 1 aromatic carbocycles. The molecule has 1 aliphatic heterocycles. The Hall–Kier alpha value is -1.60. The van der Waals surface area contributed by atoms with Crippen molar-refractivity contribution in [3.8, 4) is 0 Å². The Bertz CT molecular complexity index is 762. The molecule has 0 spiro atoms. The van der Waals surface area contributed by atoms with Crippen molar-refractivity contribution in [3.05, 3.63) is 29.8 Å². The van der Waals surface area contributed by atoms with Crippen molar-refractivity contribution in [2.75, 3.05) is 33.7 Å². The topological polar surface area (TPSA) is 65.0 Å². The zero-order valence-electron chi connectivity index (χ0n) is 16.7. The summed E-state index contributed by atoms with van der Waals surface area (Å²) in [4.78, 5) is 7.51. The molecule has 2 aliphatic rings. The normalized spacial score (nSPS) is 23.6. The number of fused-ring (bicyclic) bond motifs is 1. The first-order chi connectivity index (χ1) is 12.9. The van der Waals surface area contributed by atoms with E-state index in [4.69, 9.17) is 4.99 Å². The molecule has 1 aromatic rings. The first kappa shape index (κ1) is 20.1. The average molecular weight is 393 g/mol. The summed E-state index contributed by atoms with van der Waals surface area (Å²) in [5.41, 5.74) is 0.734. The standard InChI is InChI=1S/C20H32N4O2S/c1-4-21-20(24-14-17-10-5-6-11-18(17)15-24)22-13-16-9-7-8-12-19(16)27(25,26)23(2)3/h7-9,12,17-18H,4-6,10-11,13-15H2,1-3H3,(H,21,22). The Kier molecular flexibility index (Phi) is 6.42. The number of guanidine groups is 1. The van der Waals surface area contributed by atoms with Crippen LogP contribution in [0.4, 0.5) is 0 Å². The molecule has 2 unspecified atom stereocenters. The number of nitrogens with zero attached hydrogens (tertiary/aromatic N) is 3. The van der Waals surface area contributed by atoms with Crippen LogP contribution in [0.3, 0.4) is 0 Å². The van der Waals surface area contributed by atoms with Crippen LogP contribution in [0.2, 0.25) is 0 Å². The zero-order valence-corrected chi connectivity index (χ0v) is 17.5. The highest BCUT2D eigenvalue weighted by Crippen LogP contribution is 2.36. The van der Waals surface area contributed by atoms with Crippen LogP contribution < -0.4 is 5.32 Å². The van der Waals surface area contributed by atoms with Crippen molar-refractivity contribution in [1.29, 1.82) is 0 Å². The first-order valence-corrected chi connectivity index (χ1v) is 11.4. The number of hydrogen-bond donors (Lipinski definition) is 1. The van der Waals surface area contributed by atoms with Crippen molar-refractivity contribution in [2.45, 2.75) is 44.0 Å². The summed E-state index contributed by atoms with van der Waals surface area (Å²) in [6.45, 7) is 5.37. The lowest BCUT2D eigenvalue weighted by atomic mass is 9.82. The molecule has 0 bridgehead atoms. The van der Waals surface area contributed by atoms with E-state index < -0.39 is 10.0 Å². The fourth-order valence-electron chi connectivity index (χ4n) is 4.25. The Morgan fingerprint density at radius 2 is 1.81 bits per heavy atom. The van der Waals surface area contributed by atoms with Crippen LogP contribution in [-0.4, -0.2) is 57.3 Å². The lowest BCUT2D eigenvalue weighted by Crippen LogP contribution is -2.40. The first-order valence-electron chi connectivity index (χ1n) is 9.97. The molecule has 1 aliphatic carbocycles. The summed E-state index contributed by atoms with van der Waals surface area (Å²) in [5.74, 6) is 2.47. The maximum atomic E-state index is 12.6. The van der Waals surface area contributed by atoms with Gasteiger partial charge in [-0.15, -0.1) is 0 Å². The fraction of sp³-hybridized carbons (Fsp3) is 0.650. The Morgan fingerprint density at radius 1 is 1.19 bits per heavy atom. The van der Waals surface area contributed by atoms with Crippen LogP contribution in [-0.2, 0) is 16.6 Å². The number of nitrogens with one attached hydrogen (secondary N) is 1. The fourth-order valence-corrected chi connectivity index (χ4v) is 5.36. The van der Waals surface area contributed by atoms with Crippen LogP contribution in [0.1, 0.15) is 38.2 Å². The molecule has 3 rings (SSSR count). The van der Waals surface area contributed by atoms with Gasteiger partial charge < -0.3 is 10.2 Å². The van der Waals surface area contributed by atoms with Gasteiger partial charge in [0.15, 0.2) is 5.96 Å². The quantitative estimate of drug-likeness (QED) is 0.618. The van der Waals surface area contributed by atoms with E-state index in [1.807, 2.05) is 12.1 Å². The molecule has 6 nitrogen and oxygen atoms in total. The van der Waals surface area contributed by atoms with Crippen LogP contribution in [0.15, 0.2) is 34.2 Å². The van der Waals surface area contributed by atoms with Gasteiger partial charge in [-0.1, -0.05) is 31.0 Å². The van der Waals surface area contributed by atoms with Gasteiger partial charge in [-0.25, -0.2) is 17.7 Å². The number of hydrogen-bond acceptors (Lipinski definition) is 3. The third-order valence-corrected chi connectivity index (χ3v) is 7.66. The smallest absolute Gasteiger partial charge is 0.242 e. The summed E-state index contributed by atoms with van der Waals surface area (Å²) in [5, 5.41) is 3.40. The SMILES string of the molecule is CCNC(=NCc1ccccc1S(=O)(=O)N(C)C)N1CC2CCCCC2C1. The van der Waals surface area contributed by atoms with Gasteiger partial charge in [-0.3, -0.25) is 0 Å². The van der Waals surface area contributed by atoms with Crippen molar-refractivity contribution in [1.82, 2.24) is 14.5 Å². The number of likely N-dealkylation sites (tertiary alicyclic amines) is 1. The van der Waals surface area contributed by atoms with Crippen molar-refractivity contribution < 1.29 is 8.42 Å². The highest BCUT2D eigenvalue weighted by molar-refractivity contribution is 7.89. The van der Waals surface area contributed by atoms with Crippen molar-refractivity contribution in [3.63, 3.8) is 0 Å². The Morgan fingerprint density at radius 3 is 2.41 bits per heavy atom. The molecule has 0 radical (unpaired) electrons. The van der Waals surface area contributed by atoms with Crippen LogP contribution in [0.5, 0.6) is 0 Å². The third kappa shape index (κ3) is 4.46. The van der Waals surface area contributed by atoms with Crippen LogP contribution in [0, 0.1) is 11.8 Å². The van der Waals surface area contributed by atoms with E-state index in [9.17, 15) is 8.42 Å². The predicted molar refractivity (Wildman–Crippen MR) is 109 cm³/mol. The van der Waals surface area contributed by atoms with E-state index in [1.54, 1.807) is 26.2 Å². The molecular formula is C20H32N4O2S. The summed E-state index contributed by atoms with van der Waals surface area (Å²) in [7, 11) is -0.352. The van der Waals surface area contributed by atoms with E-state index in [-0.39, 0.29) is 0 Å². The number of sulfonamides is 1. The average Bonchev–Trinajstić information content (AvgIpc) is 3.09. The van der Waals surface area contributed by atoms with Gasteiger partial charge in [-0.05, 0) is 43.2 Å². The third-order valence-electron chi connectivity index (χ3n) is 5.74. The van der Waals surface area contributed by atoms with Crippen molar-refractivity contribution in [2.24, 2.45) is 16.8 Å². The van der Waals surface area contributed by atoms with E-state index in [2.05, 4.69) is 17.1 Å². The summed E-state index contributed by atoms with van der Waals surface area (Å²) < 4.78 is 26.5. The minimum atomic E-state index is -3.47. The number of rotatable bonds is 5. The van der Waals surface area contributed by atoms with Gasteiger partial charge in [0.2, 0.25) is 10.0 Å². The molecule has 0 amide bonds. The van der Waals surface area contributed by atoms with E-state index in [0.29, 0.717) is 11.4 Å². The molecule has 0 aromatic heterocycles. The second-order valence-electron chi connectivity index (χ2n) is 7.77. The Balaban J connectivity index is 1.81. The van der Waals surface area contributed by atoms with E-state index in [0.717, 1.165) is 43.0 Å². The number of benzene rings is 1. The molecule has 1 saturated carbocycles. The van der Waals surface area contributed by atoms with E-state index >= 15 is 0 Å². The van der Waals surface area contributed by atoms with E-state index in [1.165, 1.54) is 30.0 Å². The van der Waals surface area contributed by atoms with Gasteiger partial charge in [-0.2, -0.15) is 0 Å². The monoisotopic (exact) mass is 392 g/mol. The number of aliphatic imine (C=N–C) groups is 1. The predicted octanol–water partition coefficient (Wildman–Crippen LogP) is 2.52. The maximum Gasteiger partial charge on any atom is 0.242 e. The largest absolute Gasteiger partial charge is 0.357 e. The summed E-state index contributed by atoms with van der Waals surface area (Å²) in [6, 6.07) is 7.15. The van der Waals surface area contributed by atoms with Gasteiger partial charge in [0.05, 0.1) is 11.4 Å². The molecule has 1 saturated heterocycles. The molecule has 27 heavy (non-hydrogen) atoms. The van der Waals surface area contributed by atoms with Crippen LogP contribution >= 0.6 is 0 Å². The second-order valence-corrected chi connectivity index (χ2v) is 9.90. The molecule has 7 heteroatoms.